The van der Waals surface area contributed by atoms with Gasteiger partial charge in [-0.25, -0.2) is 0 Å². The Hall–Kier alpha value is -1.79. The zero-order chi connectivity index (χ0) is 14.4. The van der Waals surface area contributed by atoms with Gasteiger partial charge < -0.3 is 16.8 Å². The summed E-state index contributed by atoms with van der Waals surface area (Å²) in [5, 5.41) is 3.06. The normalized spacial score (nSPS) is 10.5. The van der Waals surface area contributed by atoms with Crippen LogP contribution in [0.5, 0.6) is 0 Å². The van der Waals surface area contributed by atoms with E-state index in [4.69, 9.17) is 23.1 Å². The Morgan fingerprint density at radius 1 is 1.42 bits per heavy atom. The van der Waals surface area contributed by atoms with Gasteiger partial charge in [0.2, 0.25) is 11.8 Å². The summed E-state index contributed by atoms with van der Waals surface area (Å²) in [6.07, 6.45) is 0.241. The number of anilines is 2. The molecule has 0 aromatic heterocycles. The first kappa shape index (κ1) is 15.3. The number of carbonyl (C=O) groups excluding carboxylic acids is 2. The van der Waals surface area contributed by atoms with Crippen LogP contribution < -0.4 is 16.8 Å². The van der Waals surface area contributed by atoms with Crippen molar-refractivity contribution in [1.29, 1.82) is 0 Å². The minimum Gasteiger partial charge on any atom is -0.399 e. The number of nitrogens with one attached hydrogen (secondary N) is 1. The fraction of sp³-hybridized carbons (Fsp3) is 0.333. The van der Waals surface area contributed by atoms with Crippen molar-refractivity contribution in [2.75, 3.05) is 31.2 Å². The molecule has 0 bridgehead atoms. The molecule has 0 aliphatic carbocycles. The third-order valence-corrected chi connectivity index (χ3v) is 2.73. The molecule has 0 spiro atoms. The number of amides is 2. The van der Waals surface area contributed by atoms with Gasteiger partial charge in [-0.1, -0.05) is 11.6 Å². The fourth-order valence-electron chi connectivity index (χ4n) is 1.48. The summed E-state index contributed by atoms with van der Waals surface area (Å²) in [6, 6.07) is 4.86. The topological polar surface area (TPSA) is 101 Å². The lowest BCUT2D eigenvalue weighted by atomic mass is 10.2. The molecule has 0 unspecified atom stereocenters. The summed E-state index contributed by atoms with van der Waals surface area (Å²) >= 11 is 5.94. The summed E-state index contributed by atoms with van der Waals surface area (Å²) in [6.45, 7) is 0.553. The highest BCUT2D eigenvalue weighted by molar-refractivity contribution is 6.34. The summed E-state index contributed by atoms with van der Waals surface area (Å²) in [4.78, 5) is 24.0. The Bertz CT molecular complexity index is 479. The highest BCUT2D eigenvalue weighted by Crippen LogP contribution is 2.23. The third kappa shape index (κ3) is 5.58. The second-order valence-electron chi connectivity index (χ2n) is 4.24. The van der Waals surface area contributed by atoms with Crippen LogP contribution in [0.15, 0.2) is 18.2 Å². The summed E-state index contributed by atoms with van der Waals surface area (Å²) < 4.78 is 0. The lowest BCUT2D eigenvalue weighted by molar-refractivity contribution is -0.120. The molecule has 0 heterocycles. The molecule has 1 aromatic carbocycles. The van der Waals surface area contributed by atoms with E-state index in [1.54, 1.807) is 30.1 Å². The van der Waals surface area contributed by atoms with Gasteiger partial charge in [0.05, 0.1) is 17.3 Å². The van der Waals surface area contributed by atoms with Gasteiger partial charge in [0, 0.05) is 18.7 Å². The zero-order valence-corrected chi connectivity index (χ0v) is 11.4. The Morgan fingerprint density at radius 3 is 2.68 bits per heavy atom. The van der Waals surface area contributed by atoms with Crippen molar-refractivity contribution in [3.05, 3.63) is 23.2 Å². The molecule has 1 aromatic rings. The third-order valence-electron chi connectivity index (χ3n) is 2.41. The zero-order valence-electron chi connectivity index (χ0n) is 10.6. The number of hydrogen-bond acceptors (Lipinski definition) is 4. The molecular formula is C12H17ClN4O2. The van der Waals surface area contributed by atoms with E-state index in [-0.39, 0.29) is 18.9 Å². The average Bonchev–Trinajstić information content (AvgIpc) is 2.29. The van der Waals surface area contributed by atoms with Crippen LogP contribution in [0.25, 0.3) is 0 Å². The quantitative estimate of drug-likeness (QED) is 0.668. The van der Waals surface area contributed by atoms with Crippen LogP contribution in [0.4, 0.5) is 11.4 Å². The van der Waals surface area contributed by atoms with Gasteiger partial charge in [0.1, 0.15) is 0 Å². The number of nitrogens with zero attached hydrogens (tertiary/aromatic N) is 1. The molecule has 7 heteroatoms. The Kier molecular flexibility index (Phi) is 5.59. The van der Waals surface area contributed by atoms with E-state index in [0.717, 1.165) is 0 Å². The molecular weight excluding hydrogens is 268 g/mol. The number of likely N-dealkylation sites (N-methyl/N-ethyl adjacent to an activating group) is 1. The number of halogens is 1. The van der Waals surface area contributed by atoms with Crippen molar-refractivity contribution in [3.63, 3.8) is 0 Å². The van der Waals surface area contributed by atoms with Gasteiger partial charge in [-0.05, 0) is 25.2 Å². The largest absolute Gasteiger partial charge is 0.399 e. The number of nitrogen functional groups attached to an aromatic ring is 1. The Labute approximate surface area is 116 Å². The van der Waals surface area contributed by atoms with E-state index >= 15 is 0 Å². The van der Waals surface area contributed by atoms with Crippen LogP contribution in [0, 0.1) is 0 Å². The van der Waals surface area contributed by atoms with Gasteiger partial charge >= 0.3 is 0 Å². The van der Waals surface area contributed by atoms with E-state index in [9.17, 15) is 9.59 Å². The van der Waals surface area contributed by atoms with Crippen LogP contribution in [0.1, 0.15) is 6.42 Å². The minimum absolute atomic E-state index is 0.121. The second kappa shape index (κ2) is 6.96. The second-order valence-corrected chi connectivity index (χ2v) is 4.65. The van der Waals surface area contributed by atoms with Crippen LogP contribution in [-0.4, -0.2) is 36.9 Å². The molecule has 19 heavy (non-hydrogen) atoms. The van der Waals surface area contributed by atoms with E-state index in [1.807, 2.05) is 0 Å². The maximum absolute atomic E-state index is 11.7. The average molecular weight is 285 g/mol. The van der Waals surface area contributed by atoms with Crippen LogP contribution >= 0.6 is 11.6 Å². The molecule has 104 valence electrons. The van der Waals surface area contributed by atoms with Gasteiger partial charge in [0.15, 0.2) is 0 Å². The van der Waals surface area contributed by atoms with Crippen molar-refractivity contribution in [3.8, 4) is 0 Å². The number of nitrogens with two attached hydrogens (primary N) is 2. The molecule has 1 rings (SSSR count). The predicted molar refractivity (Wildman–Crippen MR) is 75.8 cm³/mol. The fourth-order valence-corrected chi connectivity index (χ4v) is 1.72. The van der Waals surface area contributed by atoms with Crippen molar-refractivity contribution in [1.82, 2.24) is 4.90 Å². The number of rotatable bonds is 6. The molecule has 0 fully saturated rings. The molecule has 2 amide bonds. The molecule has 0 aliphatic rings. The van der Waals surface area contributed by atoms with Crippen LogP contribution in [0.3, 0.4) is 0 Å². The maximum atomic E-state index is 11.7. The van der Waals surface area contributed by atoms with E-state index in [0.29, 0.717) is 22.9 Å². The first-order chi connectivity index (χ1) is 8.88. The summed E-state index contributed by atoms with van der Waals surface area (Å²) in [5.41, 5.74) is 11.6. The van der Waals surface area contributed by atoms with Gasteiger partial charge in [0.25, 0.3) is 0 Å². The van der Waals surface area contributed by atoms with E-state index < -0.39 is 5.91 Å². The van der Waals surface area contributed by atoms with Crippen LogP contribution in [-0.2, 0) is 9.59 Å². The predicted octanol–water partition coefficient (Wildman–Crippen LogP) is 0.668. The molecule has 0 saturated carbocycles. The first-order valence-electron chi connectivity index (χ1n) is 5.70. The standard InChI is InChI=1S/C12H17ClN4O2/c1-17(7-11(15)18)5-4-12(19)16-10-3-2-8(14)6-9(10)13/h2-3,6H,4-5,7,14H2,1H3,(H2,15,18)(H,16,19). The lowest BCUT2D eigenvalue weighted by Crippen LogP contribution is -2.32. The SMILES string of the molecule is CN(CCC(=O)Nc1ccc(N)cc1Cl)CC(N)=O. The molecule has 0 saturated heterocycles. The van der Waals surface area contributed by atoms with Gasteiger partial charge in [-0.2, -0.15) is 0 Å². The Balaban J connectivity index is 2.45. The summed E-state index contributed by atoms with van der Waals surface area (Å²) in [7, 11) is 1.72. The molecule has 0 atom stereocenters. The maximum Gasteiger partial charge on any atom is 0.231 e. The lowest BCUT2D eigenvalue weighted by Gasteiger charge is -2.14. The number of benzene rings is 1. The Morgan fingerprint density at radius 2 is 2.11 bits per heavy atom. The molecule has 6 nitrogen and oxygen atoms in total. The highest BCUT2D eigenvalue weighted by atomic mass is 35.5. The number of hydrogen-bond donors (Lipinski definition) is 3. The first-order valence-corrected chi connectivity index (χ1v) is 6.08. The number of primary amides is 1. The van der Waals surface area contributed by atoms with Gasteiger partial charge in [-0.3, -0.25) is 14.5 Å². The monoisotopic (exact) mass is 284 g/mol. The van der Waals surface area contributed by atoms with E-state index in [1.165, 1.54) is 0 Å². The van der Waals surface area contributed by atoms with Gasteiger partial charge in [-0.15, -0.1) is 0 Å². The van der Waals surface area contributed by atoms with Crippen molar-refractivity contribution in [2.24, 2.45) is 5.73 Å². The molecule has 5 N–H and O–H groups in total. The van der Waals surface area contributed by atoms with Crippen molar-refractivity contribution < 1.29 is 9.59 Å². The number of carbonyl (C=O) groups is 2. The smallest absolute Gasteiger partial charge is 0.231 e. The molecule has 0 aliphatic heterocycles. The minimum atomic E-state index is -0.426. The van der Waals surface area contributed by atoms with E-state index in [2.05, 4.69) is 5.32 Å². The summed E-state index contributed by atoms with van der Waals surface area (Å²) in [5.74, 6) is -0.618. The van der Waals surface area contributed by atoms with Crippen molar-refractivity contribution >= 4 is 34.8 Å². The van der Waals surface area contributed by atoms with Crippen LogP contribution in [0.2, 0.25) is 5.02 Å². The molecule has 0 radical (unpaired) electrons. The van der Waals surface area contributed by atoms with Crippen molar-refractivity contribution in [2.45, 2.75) is 6.42 Å². The highest BCUT2D eigenvalue weighted by Gasteiger charge is 2.08.